The predicted molar refractivity (Wildman–Crippen MR) is 85.3 cm³/mol. The Balaban J connectivity index is 0.000000162. The predicted octanol–water partition coefficient (Wildman–Crippen LogP) is 3.18. The van der Waals surface area contributed by atoms with Gasteiger partial charge in [-0.05, 0) is 31.5 Å². The summed E-state index contributed by atoms with van der Waals surface area (Å²) in [6.07, 6.45) is 3.37. The van der Waals surface area contributed by atoms with Crippen LogP contribution in [0.2, 0.25) is 0 Å². The van der Waals surface area contributed by atoms with E-state index in [1.165, 1.54) is 6.07 Å². The zero-order chi connectivity index (χ0) is 16.2. The Morgan fingerprint density at radius 2 is 1.77 bits per heavy atom. The molecule has 0 amide bonds. The zero-order valence-electron chi connectivity index (χ0n) is 12.3. The second-order valence-corrected chi connectivity index (χ2v) is 6.22. The van der Waals surface area contributed by atoms with Gasteiger partial charge in [0.2, 0.25) is 0 Å². The fraction of sp³-hybridized carbons (Fsp3) is 0.125. The Bertz CT molecular complexity index is 827. The molecule has 114 valence electrons. The fourth-order valence-electron chi connectivity index (χ4n) is 2.01. The molecule has 0 radical (unpaired) electrons. The Kier molecular flexibility index (Phi) is 4.85. The van der Waals surface area contributed by atoms with E-state index in [2.05, 4.69) is 9.97 Å². The van der Waals surface area contributed by atoms with Crippen LogP contribution in [0.5, 0.6) is 0 Å². The molecule has 0 spiro atoms. The minimum absolute atomic E-state index is 0.0203. The Hall–Kier alpha value is -2.31. The lowest BCUT2D eigenvalue weighted by molar-refractivity contribution is 0.482. The van der Waals surface area contributed by atoms with Crippen molar-refractivity contribution in [3.8, 4) is 0 Å². The van der Waals surface area contributed by atoms with Crippen molar-refractivity contribution in [1.29, 1.82) is 0 Å². The van der Waals surface area contributed by atoms with Gasteiger partial charge in [-0.2, -0.15) is 8.42 Å². The molecule has 1 aromatic heterocycles. The number of para-hydroxylation sites is 1. The maximum Gasteiger partial charge on any atom is 0.294 e. The third kappa shape index (κ3) is 4.09. The maximum absolute atomic E-state index is 10.7. The zero-order valence-corrected chi connectivity index (χ0v) is 13.1. The average molecular weight is 316 g/mol. The molecule has 0 bridgehead atoms. The molecule has 0 aliphatic rings. The number of rotatable bonds is 1. The topological polar surface area (TPSA) is 80.2 Å². The molecule has 1 N–H and O–H groups in total. The van der Waals surface area contributed by atoms with Crippen LogP contribution in [0.1, 0.15) is 11.1 Å². The van der Waals surface area contributed by atoms with E-state index in [0.717, 1.165) is 16.5 Å². The summed E-state index contributed by atoms with van der Waals surface area (Å²) in [5.41, 5.74) is 2.54. The van der Waals surface area contributed by atoms with Gasteiger partial charge in [-0.3, -0.25) is 4.55 Å². The molecule has 3 rings (SSSR count). The minimum Gasteiger partial charge on any atom is -0.282 e. The van der Waals surface area contributed by atoms with Crippen LogP contribution in [-0.4, -0.2) is 22.9 Å². The second kappa shape index (κ2) is 6.64. The monoisotopic (exact) mass is 316 g/mol. The van der Waals surface area contributed by atoms with Gasteiger partial charge in [0.15, 0.2) is 0 Å². The third-order valence-electron chi connectivity index (χ3n) is 3.02. The number of hydrogen-bond acceptors (Lipinski definition) is 4. The molecule has 22 heavy (non-hydrogen) atoms. The molecule has 1 heterocycles. The van der Waals surface area contributed by atoms with Crippen molar-refractivity contribution < 1.29 is 13.0 Å². The van der Waals surface area contributed by atoms with E-state index in [0.29, 0.717) is 5.56 Å². The SMILES string of the molecule is Cc1ccc(S(=O)(=O)O)c(C)c1.c1ccc2ncncc2c1. The Labute approximate surface area is 129 Å². The van der Waals surface area contributed by atoms with Crippen LogP contribution in [0.25, 0.3) is 10.9 Å². The van der Waals surface area contributed by atoms with Gasteiger partial charge in [0, 0.05) is 11.6 Å². The quantitative estimate of drug-likeness (QED) is 0.697. The summed E-state index contributed by atoms with van der Waals surface area (Å²) in [6.45, 7) is 3.51. The molecule has 0 saturated carbocycles. The lowest BCUT2D eigenvalue weighted by Gasteiger charge is -2.02. The number of aromatic nitrogens is 2. The van der Waals surface area contributed by atoms with Gasteiger partial charge in [-0.1, -0.05) is 35.9 Å². The lowest BCUT2D eigenvalue weighted by atomic mass is 10.2. The van der Waals surface area contributed by atoms with Gasteiger partial charge < -0.3 is 0 Å². The van der Waals surface area contributed by atoms with E-state index < -0.39 is 10.1 Å². The highest BCUT2D eigenvalue weighted by molar-refractivity contribution is 7.85. The van der Waals surface area contributed by atoms with Gasteiger partial charge in [0.05, 0.1) is 10.4 Å². The molecule has 0 aliphatic heterocycles. The Morgan fingerprint density at radius 1 is 1.05 bits per heavy atom. The number of fused-ring (bicyclic) bond motifs is 1. The molecule has 0 aliphatic carbocycles. The maximum atomic E-state index is 10.7. The third-order valence-corrected chi connectivity index (χ3v) is 4.04. The molecule has 0 atom stereocenters. The lowest BCUT2D eigenvalue weighted by Crippen LogP contribution is -2.00. The van der Waals surface area contributed by atoms with E-state index in [1.54, 1.807) is 25.4 Å². The van der Waals surface area contributed by atoms with Crippen molar-refractivity contribution in [2.24, 2.45) is 0 Å². The van der Waals surface area contributed by atoms with Gasteiger partial charge in [-0.15, -0.1) is 0 Å². The van der Waals surface area contributed by atoms with E-state index in [-0.39, 0.29) is 4.90 Å². The summed E-state index contributed by atoms with van der Waals surface area (Å²) in [6, 6.07) is 12.7. The highest BCUT2D eigenvalue weighted by Crippen LogP contribution is 2.15. The van der Waals surface area contributed by atoms with Crippen molar-refractivity contribution in [2.45, 2.75) is 18.7 Å². The summed E-state index contributed by atoms with van der Waals surface area (Å²) in [5, 5.41) is 1.09. The molecule has 0 fully saturated rings. The average Bonchev–Trinajstić information content (AvgIpc) is 2.46. The largest absolute Gasteiger partial charge is 0.294 e. The van der Waals surface area contributed by atoms with E-state index in [4.69, 9.17) is 4.55 Å². The van der Waals surface area contributed by atoms with Crippen LogP contribution < -0.4 is 0 Å². The van der Waals surface area contributed by atoms with E-state index in [9.17, 15) is 8.42 Å². The van der Waals surface area contributed by atoms with Gasteiger partial charge >= 0.3 is 0 Å². The van der Waals surface area contributed by atoms with Crippen LogP contribution in [0, 0.1) is 13.8 Å². The summed E-state index contributed by atoms with van der Waals surface area (Å²) < 4.78 is 30.2. The highest BCUT2D eigenvalue weighted by Gasteiger charge is 2.11. The second-order valence-electron chi connectivity index (χ2n) is 4.83. The normalized spacial score (nSPS) is 10.9. The first-order valence-corrected chi connectivity index (χ1v) is 8.01. The number of aryl methyl sites for hydroxylation is 2. The van der Waals surface area contributed by atoms with Gasteiger partial charge in [-0.25, -0.2) is 9.97 Å². The first kappa shape index (κ1) is 16.1. The molecule has 0 saturated heterocycles. The van der Waals surface area contributed by atoms with Gasteiger partial charge in [0.1, 0.15) is 6.33 Å². The van der Waals surface area contributed by atoms with Crippen molar-refractivity contribution in [2.75, 3.05) is 0 Å². The fourth-order valence-corrected chi connectivity index (χ4v) is 2.72. The van der Waals surface area contributed by atoms with Crippen LogP contribution >= 0.6 is 0 Å². The van der Waals surface area contributed by atoms with Crippen molar-refractivity contribution in [3.05, 3.63) is 66.1 Å². The molecule has 5 nitrogen and oxygen atoms in total. The standard InChI is InChI=1S/C8H6N2.C8H10O3S/c1-2-4-8-7(3-1)5-9-6-10-8;1-6-3-4-8(7(2)5-6)12(9,10)11/h1-6H;3-5H,1-2H3,(H,9,10,11). The number of benzene rings is 2. The smallest absolute Gasteiger partial charge is 0.282 e. The molecular formula is C16H16N2O3S. The summed E-state index contributed by atoms with van der Waals surface area (Å²) in [7, 11) is -4.05. The van der Waals surface area contributed by atoms with Crippen molar-refractivity contribution in [3.63, 3.8) is 0 Å². The van der Waals surface area contributed by atoms with E-state index >= 15 is 0 Å². The van der Waals surface area contributed by atoms with Crippen LogP contribution in [0.15, 0.2) is 59.9 Å². The minimum atomic E-state index is -4.05. The first-order chi connectivity index (χ1) is 10.4. The molecule has 2 aromatic carbocycles. The molecule has 3 aromatic rings. The van der Waals surface area contributed by atoms with Crippen molar-refractivity contribution >= 4 is 21.0 Å². The molecule has 0 unspecified atom stereocenters. The van der Waals surface area contributed by atoms with Gasteiger partial charge in [0.25, 0.3) is 10.1 Å². The highest BCUT2D eigenvalue weighted by atomic mass is 32.2. The van der Waals surface area contributed by atoms with Crippen LogP contribution in [-0.2, 0) is 10.1 Å². The summed E-state index contributed by atoms with van der Waals surface area (Å²) in [5.74, 6) is 0. The number of nitrogens with zero attached hydrogens (tertiary/aromatic N) is 2. The Morgan fingerprint density at radius 3 is 2.41 bits per heavy atom. The first-order valence-electron chi connectivity index (χ1n) is 6.57. The summed E-state index contributed by atoms with van der Waals surface area (Å²) in [4.78, 5) is 7.95. The summed E-state index contributed by atoms with van der Waals surface area (Å²) >= 11 is 0. The molecule has 6 heteroatoms. The van der Waals surface area contributed by atoms with Crippen molar-refractivity contribution in [1.82, 2.24) is 9.97 Å². The molecular weight excluding hydrogens is 300 g/mol. The van der Waals surface area contributed by atoms with E-state index in [1.807, 2.05) is 37.4 Å². The van der Waals surface area contributed by atoms with Crippen LogP contribution in [0.4, 0.5) is 0 Å². The van der Waals surface area contributed by atoms with Crippen LogP contribution in [0.3, 0.4) is 0 Å². The number of hydrogen-bond donors (Lipinski definition) is 1.